The Morgan fingerprint density at radius 2 is 1.89 bits per heavy atom. The van der Waals surface area contributed by atoms with E-state index in [1.54, 1.807) is 0 Å². The Balaban J connectivity index is 1.59. The van der Waals surface area contributed by atoms with Crippen LogP contribution in [0.5, 0.6) is 0 Å². The Labute approximate surface area is 161 Å². The second kappa shape index (κ2) is 6.74. The molecule has 1 atom stereocenters. The minimum Gasteiger partial charge on any atom is -0.349 e. The van der Waals surface area contributed by atoms with Crippen molar-refractivity contribution in [3.05, 3.63) is 59.4 Å². The highest BCUT2D eigenvalue weighted by atomic mass is 19.1. The molecule has 0 radical (unpaired) electrons. The van der Waals surface area contributed by atoms with E-state index in [9.17, 15) is 18.8 Å². The normalized spacial score (nSPS) is 21.2. The molecule has 1 aliphatic carbocycles. The van der Waals surface area contributed by atoms with Gasteiger partial charge in [-0.3, -0.25) is 14.9 Å². The molecule has 1 saturated heterocycles. The fourth-order valence-corrected chi connectivity index (χ4v) is 3.64. The van der Waals surface area contributed by atoms with E-state index in [1.165, 1.54) is 18.2 Å². The minimum atomic E-state index is -1.11. The summed E-state index contributed by atoms with van der Waals surface area (Å²) in [6.07, 6.45) is 1.63. The first kappa shape index (κ1) is 18.2. The van der Waals surface area contributed by atoms with Gasteiger partial charge in [0.15, 0.2) is 0 Å². The van der Waals surface area contributed by atoms with Crippen LogP contribution in [-0.2, 0) is 4.79 Å². The number of halogens is 1. The molecule has 0 aromatic heterocycles. The van der Waals surface area contributed by atoms with Crippen LogP contribution in [0.2, 0.25) is 0 Å². The van der Waals surface area contributed by atoms with Gasteiger partial charge in [-0.25, -0.2) is 9.18 Å². The van der Waals surface area contributed by atoms with Crippen molar-refractivity contribution >= 4 is 17.8 Å². The molecular weight excluding hydrogens is 361 g/mol. The van der Waals surface area contributed by atoms with Crippen molar-refractivity contribution in [2.45, 2.75) is 25.3 Å². The summed E-state index contributed by atoms with van der Waals surface area (Å²) in [4.78, 5) is 36.8. The van der Waals surface area contributed by atoms with Crippen LogP contribution in [-0.4, -0.2) is 29.9 Å². The van der Waals surface area contributed by atoms with Crippen LogP contribution in [0, 0.1) is 18.7 Å². The average molecular weight is 381 g/mol. The predicted molar refractivity (Wildman–Crippen MR) is 101 cm³/mol. The number of urea groups is 1. The van der Waals surface area contributed by atoms with Crippen LogP contribution in [0.3, 0.4) is 0 Å². The quantitative estimate of drug-likeness (QED) is 0.696. The zero-order valence-electron chi connectivity index (χ0n) is 15.3. The monoisotopic (exact) mass is 381 g/mol. The van der Waals surface area contributed by atoms with Gasteiger partial charge < -0.3 is 10.6 Å². The van der Waals surface area contributed by atoms with E-state index >= 15 is 0 Å². The van der Waals surface area contributed by atoms with Gasteiger partial charge in [0.1, 0.15) is 11.4 Å². The highest BCUT2D eigenvalue weighted by molar-refractivity contribution is 6.08. The number of hydrogen-bond donors (Lipinski definition) is 3. The van der Waals surface area contributed by atoms with Crippen molar-refractivity contribution < 1.29 is 18.8 Å². The molecule has 0 spiro atoms. The Morgan fingerprint density at radius 3 is 2.50 bits per heavy atom. The van der Waals surface area contributed by atoms with E-state index in [1.807, 2.05) is 31.2 Å². The van der Waals surface area contributed by atoms with Crippen LogP contribution in [0.4, 0.5) is 9.18 Å². The topological polar surface area (TPSA) is 87.3 Å². The van der Waals surface area contributed by atoms with Gasteiger partial charge in [0.05, 0.1) is 6.54 Å². The molecule has 4 rings (SSSR count). The fraction of sp³-hybridized carbons (Fsp3) is 0.286. The molecule has 144 valence electrons. The lowest BCUT2D eigenvalue weighted by Crippen LogP contribution is -2.57. The smallest absolute Gasteiger partial charge is 0.322 e. The lowest BCUT2D eigenvalue weighted by molar-refractivity contribution is -0.124. The summed E-state index contributed by atoms with van der Waals surface area (Å²) >= 11 is 0. The molecule has 7 heteroatoms. The zero-order valence-corrected chi connectivity index (χ0v) is 15.3. The summed E-state index contributed by atoms with van der Waals surface area (Å²) in [5.74, 6) is -1.28. The molecule has 1 heterocycles. The number of nitrogens with one attached hydrogen (secondary N) is 3. The number of amides is 4. The van der Waals surface area contributed by atoms with Crippen LogP contribution in [0.25, 0.3) is 11.1 Å². The molecule has 2 aliphatic rings. The highest BCUT2D eigenvalue weighted by Crippen LogP contribution is 2.41. The fourth-order valence-electron chi connectivity index (χ4n) is 3.64. The number of rotatable bonds is 5. The Hall–Kier alpha value is -3.22. The van der Waals surface area contributed by atoms with Gasteiger partial charge in [-0.05, 0) is 55.0 Å². The van der Waals surface area contributed by atoms with Crippen molar-refractivity contribution in [3.63, 3.8) is 0 Å². The lowest BCUT2D eigenvalue weighted by Gasteiger charge is -2.26. The van der Waals surface area contributed by atoms with E-state index in [-0.39, 0.29) is 12.5 Å². The zero-order chi connectivity index (χ0) is 19.9. The summed E-state index contributed by atoms with van der Waals surface area (Å²) in [7, 11) is 0. The molecular formula is C21H20FN3O3. The number of imide groups is 1. The third kappa shape index (κ3) is 3.24. The van der Waals surface area contributed by atoms with Gasteiger partial charge in [-0.15, -0.1) is 0 Å². The van der Waals surface area contributed by atoms with Crippen LogP contribution in [0.15, 0.2) is 42.5 Å². The van der Waals surface area contributed by atoms with E-state index in [0.717, 1.165) is 24.0 Å². The molecule has 28 heavy (non-hydrogen) atoms. The van der Waals surface area contributed by atoms with Gasteiger partial charge in [0, 0.05) is 5.56 Å². The van der Waals surface area contributed by atoms with E-state index in [0.29, 0.717) is 11.1 Å². The molecule has 1 aliphatic heterocycles. The number of benzene rings is 2. The predicted octanol–water partition coefficient (Wildman–Crippen LogP) is 2.52. The molecule has 1 saturated carbocycles. The van der Waals surface area contributed by atoms with Crippen molar-refractivity contribution in [2.24, 2.45) is 5.92 Å². The molecule has 6 nitrogen and oxygen atoms in total. The molecule has 3 N–H and O–H groups in total. The third-order valence-corrected chi connectivity index (χ3v) is 5.36. The Kier molecular flexibility index (Phi) is 4.37. The molecule has 4 amide bonds. The summed E-state index contributed by atoms with van der Waals surface area (Å²) in [5, 5.41) is 7.68. The second-order valence-electron chi connectivity index (χ2n) is 7.39. The Bertz CT molecular complexity index is 969. The highest BCUT2D eigenvalue weighted by Gasteiger charge is 2.56. The third-order valence-electron chi connectivity index (χ3n) is 5.36. The van der Waals surface area contributed by atoms with E-state index in [2.05, 4.69) is 16.0 Å². The van der Waals surface area contributed by atoms with Crippen molar-refractivity contribution in [1.82, 2.24) is 16.0 Å². The largest absolute Gasteiger partial charge is 0.349 e. The molecule has 2 fully saturated rings. The van der Waals surface area contributed by atoms with Gasteiger partial charge in [0.2, 0.25) is 0 Å². The van der Waals surface area contributed by atoms with Crippen molar-refractivity contribution in [2.75, 3.05) is 6.54 Å². The molecule has 2 aromatic rings. The standard InChI is InChI=1S/C21H20FN3O3/c1-12-2-4-13(5-3-12)17-10-15(22)8-9-16(17)18(26)23-11-21(14-6-7-14)19(27)24-20(28)25-21/h2-5,8-10,14H,6-7,11H2,1H3,(H,23,26)(H2,24,25,27,28)/t21-/m0/s1. The van der Waals surface area contributed by atoms with E-state index in [4.69, 9.17) is 0 Å². The summed E-state index contributed by atoms with van der Waals surface area (Å²) < 4.78 is 13.8. The summed E-state index contributed by atoms with van der Waals surface area (Å²) in [6, 6.07) is 10.9. The van der Waals surface area contributed by atoms with E-state index < -0.39 is 29.2 Å². The average Bonchev–Trinajstić information content (AvgIpc) is 3.47. The maximum Gasteiger partial charge on any atom is 0.322 e. The number of carbonyl (C=O) groups is 3. The van der Waals surface area contributed by atoms with Crippen molar-refractivity contribution in [1.29, 1.82) is 0 Å². The van der Waals surface area contributed by atoms with Crippen LogP contribution in [0.1, 0.15) is 28.8 Å². The maximum atomic E-state index is 13.8. The number of carbonyl (C=O) groups excluding carboxylic acids is 3. The van der Waals surface area contributed by atoms with Gasteiger partial charge in [-0.2, -0.15) is 0 Å². The lowest BCUT2D eigenvalue weighted by atomic mass is 9.92. The first-order valence-corrected chi connectivity index (χ1v) is 9.17. The van der Waals surface area contributed by atoms with Gasteiger partial charge >= 0.3 is 6.03 Å². The Morgan fingerprint density at radius 1 is 1.18 bits per heavy atom. The van der Waals surface area contributed by atoms with Crippen LogP contribution < -0.4 is 16.0 Å². The summed E-state index contributed by atoms with van der Waals surface area (Å²) in [5.41, 5.74) is 1.44. The molecule has 0 unspecified atom stereocenters. The second-order valence-corrected chi connectivity index (χ2v) is 7.39. The summed E-state index contributed by atoms with van der Waals surface area (Å²) in [6.45, 7) is 1.93. The SMILES string of the molecule is Cc1ccc(-c2cc(F)ccc2C(=O)NC[C@@]2(C3CC3)NC(=O)NC2=O)cc1. The number of hydrogen-bond acceptors (Lipinski definition) is 3. The van der Waals surface area contributed by atoms with Gasteiger partial charge in [-0.1, -0.05) is 29.8 Å². The maximum absolute atomic E-state index is 13.8. The molecule has 0 bridgehead atoms. The first-order valence-electron chi connectivity index (χ1n) is 9.17. The minimum absolute atomic E-state index is 0.00374. The van der Waals surface area contributed by atoms with Crippen molar-refractivity contribution in [3.8, 4) is 11.1 Å². The first-order chi connectivity index (χ1) is 13.4. The molecule has 2 aromatic carbocycles. The number of aryl methyl sites for hydroxylation is 1. The van der Waals surface area contributed by atoms with Crippen LogP contribution >= 0.6 is 0 Å². The van der Waals surface area contributed by atoms with Gasteiger partial charge in [0.25, 0.3) is 11.8 Å².